The Morgan fingerprint density at radius 2 is 1.69 bits per heavy atom. The van der Waals surface area contributed by atoms with Crippen LogP contribution in [0, 0.1) is 20.8 Å². The molecule has 0 amide bonds. The molecule has 1 aliphatic heterocycles. The molecule has 2 rings (SSSR count). The van der Waals surface area contributed by atoms with Crippen molar-refractivity contribution in [2.45, 2.75) is 59.0 Å². The second kappa shape index (κ2) is 4.58. The molecule has 0 aliphatic carbocycles. The molecule has 88 valence electrons. The molecular weight excluding hydrogens is 194 g/mol. The van der Waals surface area contributed by atoms with Crippen molar-refractivity contribution in [1.29, 1.82) is 0 Å². The minimum atomic E-state index is 0.573. The Kier molecular flexibility index (Phi) is 3.34. The number of benzene rings is 1. The zero-order valence-corrected chi connectivity index (χ0v) is 10.9. The lowest BCUT2D eigenvalue weighted by Gasteiger charge is -2.31. The van der Waals surface area contributed by atoms with Gasteiger partial charge >= 0.3 is 0 Å². The maximum absolute atomic E-state index is 3.73. The summed E-state index contributed by atoms with van der Waals surface area (Å²) in [4.78, 5) is 0. The highest BCUT2D eigenvalue weighted by Gasteiger charge is 2.21. The molecule has 1 nitrogen and oxygen atoms in total. The van der Waals surface area contributed by atoms with Crippen LogP contribution in [0.15, 0.2) is 12.1 Å². The molecule has 0 aromatic heterocycles. The average Bonchev–Trinajstić information content (AvgIpc) is 2.15. The van der Waals surface area contributed by atoms with E-state index in [1.54, 1.807) is 0 Å². The van der Waals surface area contributed by atoms with Crippen LogP contribution in [-0.2, 0) is 0 Å². The fourth-order valence-corrected chi connectivity index (χ4v) is 3.11. The van der Waals surface area contributed by atoms with E-state index < -0.39 is 0 Å². The Bertz CT molecular complexity index is 358. The maximum atomic E-state index is 3.73. The Hall–Kier alpha value is -0.820. The molecule has 1 heterocycles. The van der Waals surface area contributed by atoms with Gasteiger partial charge < -0.3 is 5.32 Å². The number of hydrogen-bond acceptors (Lipinski definition) is 1. The fraction of sp³-hybridized carbons (Fsp3) is 0.600. The van der Waals surface area contributed by atoms with Crippen LogP contribution in [0.3, 0.4) is 0 Å². The topological polar surface area (TPSA) is 12.0 Å². The van der Waals surface area contributed by atoms with Crippen molar-refractivity contribution < 1.29 is 0 Å². The van der Waals surface area contributed by atoms with Gasteiger partial charge in [-0.15, -0.1) is 0 Å². The Labute approximate surface area is 99.3 Å². The molecule has 0 saturated carbocycles. The standard InChI is InChI=1S/C15H23N/c1-10-8-11(2)15(12(3)9-10)14-7-5-6-13(4)16-14/h8-9,13-14,16H,5-7H2,1-4H3. The molecule has 1 heteroatoms. The molecule has 1 aliphatic rings. The van der Waals surface area contributed by atoms with Crippen molar-refractivity contribution in [1.82, 2.24) is 5.32 Å². The van der Waals surface area contributed by atoms with E-state index in [2.05, 4.69) is 45.1 Å². The van der Waals surface area contributed by atoms with Crippen LogP contribution in [0.2, 0.25) is 0 Å². The third-order valence-corrected chi connectivity index (χ3v) is 3.70. The molecule has 0 bridgehead atoms. The summed E-state index contributed by atoms with van der Waals surface area (Å²) in [5.41, 5.74) is 5.81. The molecule has 1 fully saturated rings. The second-order valence-electron chi connectivity index (χ2n) is 5.36. The number of aryl methyl sites for hydroxylation is 3. The molecule has 16 heavy (non-hydrogen) atoms. The number of nitrogens with one attached hydrogen (secondary N) is 1. The SMILES string of the molecule is Cc1cc(C)c(C2CCCC(C)N2)c(C)c1. The van der Waals surface area contributed by atoms with Gasteiger partial charge in [-0.25, -0.2) is 0 Å². The van der Waals surface area contributed by atoms with Gasteiger partial charge in [0.1, 0.15) is 0 Å². The van der Waals surface area contributed by atoms with Crippen LogP contribution < -0.4 is 5.32 Å². The highest BCUT2D eigenvalue weighted by Crippen LogP contribution is 2.30. The highest BCUT2D eigenvalue weighted by molar-refractivity contribution is 5.39. The lowest BCUT2D eigenvalue weighted by molar-refractivity contribution is 0.340. The smallest absolute Gasteiger partial charge is 0.0327 e. The van der Waals surface area contributed by atoms with Crippen molar-refractivity contribution in [3.63, 3.8) is 0 Å². The van der Waals surface area contributed by atoms with Gasteiger partial charge in [0.2, 0.25) is 0 Å². The van der Waals surface area contributed by atoms with E-state index in [4.69, 9.17) is 0 Å². The summed E-state index contributed by atoms with van der Waals surface area (Å²) >= 11 is 0. The molecule has 2 atom stereocenters. The summed E-state index contributed by atoms with van der Waals surface area (Å²) in [7, 11) is 0. The first-order valence-electron chi connectivity index (χ1n) is 6.41. The van der Waals surface area contributed by atoms with Crippen LogP contribution >= 0.6 is 0 Å². The summed E-state index contributed by atoms with van der Waals surface area (Å²) in [5.74, 6) is 0. The Balaban J connectivity index is 2.32. The van der Waals surface area contributed by atoms with Gasteiger partial charge in [-0.2, -0.15) is 0 Å². The van der Waals surface area contributed by atoms with Crippen molar-refractivity contribution in [2.75, 3.05) is 0 Å². The normalized spacial score (nSPS) is 25.8. The molecule has 0 radical (unpaired) electrons. The summed E-state index contributed by atoms with van der Waals surface area (Å²) in [5, 5.41) is 3.73. The average molecular weight is 217 g/mol. The number of hydrogen-bond donors (Lipinski definition) is 1. The van der Waals surface area contributed by atoms with Gasteiger partial charge in [-0.05, 0) is 57.2 Å². The van der Waals surface area contributed by atoms with Crippen LogP contribution in [0.1, 0.15) is 54.5 Å². The third-order valence-electron chi connectivity index (χ3n) is 3.70. The summed E-state index contributed by atoms with van der Waals surface area (Å²) in [6.07, 6.45) is 3.96. The predicted octanol–water partition coefficient (Wildman–Crippen LogP) is 3.81. The van der Waals surface area contributed by atoms with Gasteiger partial charge in [0, 0.05) is 12.1 Å². The van der Waals surface area contributed by atoms with Gasteiger partial charge in [0.15, 0.2) is 0 Å². The summed E-state index contributed by atoms with van der Waals surface area (Å²) in [6, 6.07) is 5.86. The zero-order chi connectivity index (χ0) is 11.7. The van der Waals surface area contributed by atoms with Crippen LogP contribution in [0.4, 0.5) is 0 Å². The summed E-state index contributed by atoms with van der Waals surface area (Å²) in [6.45, 7) is 8.97. The molecule has 0 spiro atoms. The minimum absolute atomic E-state index is 0.573. The minimum Gasteiger partial charge on any atom is -0.307 e. The van der Waals surface area contributed by atoms with Crippen molar-refractivity contribution in [3.8, 4) is 0 Å². The Morgan fingerprint density at radius 3 is 2.25 bits per heavy atom. The lowest BCUT2D eigenvalue weighted by Crippen LogP contribution is -2.35. The molecule has 1 N–H and O–H groups in total. The van der Waals surface area contributed by atoms with E-state index in [0.717, 1.165) is 0 Å². The van der Waals surface area contributed by atoms with E-state index in [9.17, 15) is 0 Å². The van der Waals surface area contributed by atoms with Crippen LogP contribution in [-0.4, -0.2) is 6.04 Å². The molecule has 1 aromatic carbocycles. The number of piperidine rings is 1. The predicted molar refractivity (Wildman–Crippen MR) is 69.8 cm³/mol. The van der Waals surface area contributed by atoms with E-state index >= 15 is 0 Å². The van der Waals surface area contributed by atoms with Gasteiger partial charge in [0.25, 0.3) is 0 Å². The quantitative estimate of drug-likeness (QED) is 0.754. The molecular formula is C15H23N. The monoisotopic (exact) mass is 217 g/mol. The molecule has 1 saturated heterocycles. The van der Waals surface area contributed by atoms with Gasteiger partial charge in [0.05, 0.1) is 0 Å². The Morgan fingerprint density at radius 1 is 1.06 bits per heavy atom. The van der Waals surface area contributed by atoms with Crippen LogP contribution in [0.25, 0.3) is 0 Å². The zero-order valence-electron chi connectivity index (χ0n) is 10.9. The summed E-state index contributed by atoms with van der Waals surface area (Å²) < 4.78 is 0. The van der Waals surface area contributed by atoms with Crippen molar-refractivity contribution in [3.05, 3.63) is 34.4 Å². The first kappa shape index (κ1) is 11.7. The van der Waals surface area contributed by atoms with Gasteiger partial charge in [-0.1, -0.05) is 24.1 Å². The third kappa shape index (κ3) is 2.30. The lowest BCUT2D eigenvalue weighted by atomic mass is 9.88. The first-order chi connectivity index (χ1) is 7.58. The van der Waals surface area contributed by atoms with Crippen molar-refractivity contribution >= 4 is 0 Å². The van der Waals surface area contributed by atoms with Gasteiger partial charge in [-0.3, -0.25) is 0 Å². The fourth-order valence-electron chi connectivity index (χ4n) is 3.11. The molecule has 2 unspecified atom stereocenters. The second-order valence-corrected chi connectivity index (χ2v) is 5.36. The van der Waals surface area contributed by atoms with E-state index in [1.807, 2.05) is 0 Å². The highest BCUT2D eigenvalue weighted by atomic mass is 15.0. The maximum Gasteiger partial charge on any atom is 0.0327 e. The number of rotatable bonds is 1. The van der Waals surface area contributed by atoms with E-state index in [0.29, 0.717) is 12.1 Å². The van der Waals surface area contributed by atoms with E-state index in [1.165, 1.54) is 41.5 Å². The largest absolute Gasteiger partial charge is 0.307 e. The van der Waals surface area contributed by atoms with E-state index in [-0.39, 0.29) is 0 Å². The molecule has 1 aromatic rings. The van der Waals surface area contributed by atoms with Crippen LogP contribution in [0.5, 0.6) is 0 Å². The first-order valence-corrected chi connectivity index (χ1v) is 6.41. The van der Waals surface area contributed by atoms with Crippen molar-refractivity contribution in [2.24, 2.45) is 0 Å².